The monoisotopic (exact) mass is 241 g/mol. The van der Waals surface area contributed by atoms with Crippen LogP contribution in [0.3, 0.4) is 0 Å². The summed E-state index contributed by atoms with van der Waals surface area (Å²) in [6, 6.07) is 0. The van der Waals surface area contributed by atoms with Crippen molar-refractivity contribution < 1.29 is 22.8 Å². The van der Waals surface area contributed by atoms with Gasteiger partial charge in [0.2, 0.25) is 5.91 Å². The molecule has 16 heavy (non-hydrogen) atoms. The molecule has 0 saturated carbocycles. The van der Waals surface area contributed by atoms with E-state index < -0.39 is 24.4 Å². The Hall–Kier alpha value is -0.780. The molecule has 3 nitrogen and oxygen atoms in total. The van der Waals surface area contributed by atoms with Gasteiger partial charge < -0.3 is 0 Å². The number of carbonyl (C=O) groups excluding carboxylic acids is 1. The number of carbonyl (C=O) groups is 1. The Balaban J connectivity index is 4.37. The molecular formula is C10H18F3NO2. The standard InChI is InChI=1S/C10H18F3NO2/c1-4-5-6-8(10(11,12)13)7-9(15)14(2)16-3/h8H,4-7H2,1-3H3. The van der Waals surface area contributed by atoms with Crippen molar-refractivity contribution in [3.63, 3.8) is 0 Å². The van der Waals surface area contributed by atoms with E-state index in [2.05, 4.69) is 4.84 Å². The van der Waals surface area contributed by atoms with Crippen molar-refractivity contribution >= 4 is 5.91 Å². The number of amides is 1. The molecule has 0 aromatic rings. The summed E-state index contributed by atoms with van der Waals surface area (Å²) in [6.07, 6.45) is -3.73. The van der Waals surface area contributed by atoms with Crippen LogP contribution in [0, 0.1) is 5.92 Å². The number of hydrogen-bond acceptors (Lipinski definition) is 2. The molecule has 0 aliphatic rings. The van der Waals surface area contributed by atoms with Crippen molar-refractivity contribution in [2.45, 2.75) is 38.8 Å². The minimum Gasteiger partial charge on any atom is -0.275 e. The highest BCUT2D eigenvalue weighted by Gasteiger charge is 2.40. The van der Waals surface area contributed by atoms with Crippen molar-refractivity contribution in [3.05, 3.63) is 0 Å². The van der Waals surface area contributed by atoms with Crippen LogP contribution in [-0.4, -0.2) is 31.3 Å². The first-order valence-electron chi connectivity index (χ1n) is 5.20. The number of unbranched alkanes of at least 4 members (excludes halogenated alkanes) is 1. The van der Waals surface area contributed by atoms with Gasteiger partial charge in [0.25, 0.3) is 0 Å². The maximum atomic E-state index is 12.6. The minimum absolute atomic E-state index is 0.0106. The first-order valence-corrected chi connectivity index (χ1v) is 5.20. The van der Waals surface area contributed by atoms with Gasteiger partial charge in [-0.05, 0) is 6.42 Å². The number of rotatable bonds is 6. The Labute approximate surface area is 93.5 Å². The fourth-order valence-corrected chi connectivity index (χ4v) is 1.27. The zero-order valence-corrected chi connectivity index (χ0v) is 9.80. The first kappa shape index (κ1) is 15.2. The maximum Gasteiger partial charge on any atom is 0.392 e. The molecule has 1 amide bonds. The molecule has 1 unspecified atom stereocenters. The van der Waals surface area contributed by atoms with Crippen LogP contribution in [-0.2, 0) is 9.63 Å². The minimum atomic E-state index is -4.32. The van der Waals surface area contributed by atoms with Gasteiger partial charge >= 0.3 is 6.18 Å². The molecule has 0 fully saturated rings. The highest BCUT2D eigenvalue weighted by molar-refractivity contribution is 5.75. The summed E-state index contributed by atoms with van der Waals surface area (Å²) in [7, 11) is 2.54. The molecule has 0 saturated heterocycles. The summed E-state index contributed by atoms with van der Waals surface area (Å²) in [5.41, 5.74) is 0. The molecule has 0 bridgehead atoms. The normalized spacial score (nSPS) is 13.6. The van der Waals surface area contributed by atoms with Crippen molar-refractivity contribution in [2.24, 2.45) is 5.92 Å². The highest BCUT2D eigenvalue weighted by Crippen LogP contribution is 2.33. The average Bonchev–Trinajstić information content (AvgIpc) is 2.20. The smallest absolute Gasteiger partial charge is 0.275 e. The number of hydrogen-bond donors (Lipinski definition) is 0. The van der Waals surface area contributed by atoms with Gasteiger partial charge in [0.1, 0.15) is 0 Å². The van der Waals surface area contributed by atoms with E-state index in [0.29, 0.717) is 12.8 Å². The summed E-state index contributed by atoms with van der Waals surface area (Å²) in [6.45, 7) is 1.82. The zero-order chi connectivity index (χ0) is 12.8. The van der Waals surface area contributed by atoms with E-state index >= 15 is 0 Å². The van der Waals surface area contributed by atoms with E-state index in [4.69, 9.17) is 0 Å². The first-order chi connectivity index (χ1) is 7.32. The van der Waals surface area contributed by atoms with Gasteiger partial charge in [0.05, 0.1) is 13.0 Å². The Morgan fingerprint density at radius 3 is 2.38 bits per heavy atom. The summed E-state index contributed by atoms with van der Waals surface area (Å²) in [5, 5.41) is 0.824. The van der Waals surface area contributed by atoms with E-state index in [0.717, 1.165) is 5.06 Å². The Kier molecular flexibility index (Phi) is 6.40. The lowest BCUT2D eigenvalue weighted by atomic mass is 9.97. The number of hydroxylamine groups is 2. The Bertz CT molecular complexity index is 219. The zero-order valence-electron chi connectivity index (χ0n) is 9.80. The Morgan fingerprint density at radius 1 is 1.44 bits per heavy atom. The van der Waals surface area contributed by atoms with Crippen molar-refractivity contribution in [3.8, 4) is 0 Å². The van der Waals surface area contributed by atoms with E-state index in [1.54, 1.807) is 0 Å². The van der Waals surface area contributed by atoms with Crippen molar-refractivity contribution in [2.75, 3.05) is 14.2 Å². The largest absolute Gasteiger partial charge is 0.392 e. The fraction of sp³-hybridized carbons (Fsp3) is 0.900. The predicted octanol–water partition coefficient (Wildman–Crippen LogP) is 2.77. The van der Waals surface area contributed by atoms with Gasteiger partial charge in [-0.3, -0.25) is 9.63 Å². The van der Waals surface area contributed by atoms with Crippen molar-refractivity contribution in [1.29, 1.82) is 0 Å². The molecule has 1 atom stereocenters. The Morgan fingerprint density at radius 2 is 2.00 bits per heavy atom. The van der Waals surface area contributed by atoms with Crippen LogP contribution in [0.5, 0.6) is 0 Å². The second-order valence-corrected chi connectivity index (χ2v) is 3.66. The van der Waals surface area contributed by atoms with Gasteiger partial charge in [-0.1, -0.05) is 19.8 Å². The van der Waals surface area contributed by atoms with Gasteiger partial charge in [-0.2, -0.15) is 13.2 Å². The lowest BCUT2D eigenvalue weighted by Gasteiger charge is -2.22. The van der Waals surface area contributed by atoms with E-state index in [9.17, 15) is 18.0 Å². The van der Waals surface area contributed by atoms with Crippen LogP contribution < -0.4 is 0 Å². The number of alkyl halides is 3. The third-order valence-corrected chi connectivity index (χ3v) is 2.42. The topological polar surface area (TPSA) is 29.5 Å². The van der Waals surface area contributed by atoms with E-state index in [1.807, 2.05) is 6.92 Å². The summed E-state index contributed by atoms with van der Waals surface area (Å²) in [5.74, 6) is -2.22. The second-order valence-electron chi connectivity index (χ2n) is 3.66. The SMILES string of the molecule is CCCCC(CC(=O)N(C)OC)C(F)(F)F. The van der Waals surface area contributed by atoms with Crippen LogP contribution >= 0.6 is 0 Å². The van der Waals surface area contributed by atoms with Gasteiger partial charge in [0.15, 0.2) is 0 Å². The molecule has 0 spiro atoms. The number of nitrogens with zero attached hydrogens (tertiary/aromatic N) is 1. The predicted molar refractivity (Wildman–Crippen MR) is 53.5 cm³/mol. The summed E-state index contributed by atoms with van der Waals surface area (Å²) >= 11 is 0. The summed E-state index contributed by atoms with van der Waals surface area (Å²) in [4.78, 5) is 15.8. The lowest BCUT2D eigenvalue weighted by Crippen LogP contribution is -2.32. The molecule has 0 rings (SSSR count). The average molecular weight is 241 g/mol. The molecule has 6 heteroatoms. The van der Waals surface area contributed by atoms with Gasteiger partial charge in [-0.15, -0.1) is 0 Å². The van der Waals surface area contributed by atoms with Crippen LogP contribution in [0.15, 0.2) is 0 Å². The fourth-order valence-electron chi connectivity index (χ4n) is 1.27. The molecule has 0 heterocycles. The molecule has 0 radical (unpaired) electrons. The lowest BCUT2D eigenvalue weighted by molar-refractivity contribution is -0.194. The van der Waals surface area contributed by atoms with Crippen LogP contribution in [0.2, 0.25) is 0 Å². The highest BCUT2D eigenvalue weighted by atomic mass is 19.4. The number of halogens is 3. The molecular weight excluding hydrogens is 223 g/mol. The van der Waals surface area contributed by atoms with Crippen molar-refractivity contribution in [1.82, 2.24) is 5.06 Å². The van der Waals surface area contributed by atoms with E-state index in [1.165, 1.54) is 14.2 Å². The summed E-state index contributed by atoms with van der Waals surface area (Å²) < 4.78 is 37.7. The van der Waals surface area contributed by atoms with Crippen LogP contribution in [0.25, 0.3) is 0 Å². The van der Waals surface area contributed by atoms with Crippen LogP contribution in [0.4, 0.5) is 13.2 Å². The third kappa shape index (κ3) is 5.34. The molecule has 0 aromatic heterocycles. The molecule has 96 valence electrons. The molecule has 0 aliphatic carbocycles. The van der Waals surface area contributed by atoms with Gasteiger partial charge in [0, 0.05) is 13.5 Å². The van der Waals surface area contributed by atoms with Gasteiger partial charge in [-0.25, -0.2) is 5.06 Å². The molecule has 0 aromatic carbocycles. The third-order valence-electron chi connectivity index (χ3n) is 2.42. The molecule has 0 aliphatic heterocycles. The van der Waals surface area contributed by atoms with E-state index in [-0.39, 0.29) is 6.42 Å². The molecule has 0 N–H and O–H groups in total. The second kappa shape index (κ2) is 6.73. The quantitative estimate of drug-likeness (QED) is 0.669. The van der Waals surface area contributed by atoms with Crippen LogP contribution in [0.1, 0.15) is 32.6 Å². The maximum absolute atomic E-state index is 12.6.